The lowest BCUT2D eigenvalue weighted by atomic mass is 10.0. The summed E-state index contributed by atoms with van der Waals surface area (Å²) in [6.07, 6.45) is 14.3. The largest absolute Gasteiger partial charge is 0.481 e. The lowest BCUT2D eigenvalue weighted by molar-refractivity contribution is -0.150. The van der Waals surface area contributed by atoms with Gasteiger partial charge >= 0.3 is 11.9 Å². The van der Waals surface area contributed by atoms with Gasteiger partial charge in [-0.2, -0.15) is 0 Å². The van der Waals surface area contributed by atoms with Crippen LogP contribution >= 0.6 is 0 Å². The van der Waals surface area contributed by atoms with Crippen molar-refractivity contribution in [1.29, 1.82) is 0 Å². The lowest BCUT2D eigenvalue weighted by Gasteiger charge is -2.18. The molecule has 0 saturated carbocycles. The highest BCUT2D eigenvalue weighted by molar-refractivity contribution is 5.69. The van der Waals surface area contributed by atoms with E-state index < -0.39 is 5.97 Å². The summed E-state index contributed by atoms with van der Waals surface area (Å²) in [5, 5.41) is 8.65. The van der Waals surface area contributed by atoms with Crippen LogP contribution in [0.25, 0.3) is 0 Å². The highest BCUT2D eigenvalue weighted by Gasteiger charge is 2.14. The minimum Gasteiger partial charge on any atom is -0.481 e. The molecule has 1 N–H and O–H groups in total. The highest BCUT2D eigenvalue weighted by atomic mass is 16.5. The zero-order chi connectivity index (χ0) is 18.0. The molecule has 1 unspecified atom stereocenters. The molecule has 1 atom stereocenters. The third-order valence-electron chi connectivity index (χ3n) is 4.33. The van der Waals surface area contributed by atoms with Crippen molar-refractivity contribution in [2.24, 2.45) is 0 Å². The molecule has 0 saturated heterocycles. The molecule has 0 aromatic carbocycles. The summed E-state index contributed by atoms with van der Waals surface area (Å²) in [7, 11) is 0. The Morgan fingerprint density at radius 3 is 1.88 bits per heavy atom. The second kappa shape index (κ2) is 16.8. The van der Waals surface area contributed by atoms with Crippen LogP contribution < -0.4 is 0 Å². The number of unbranched alkanes of at least 4 members (excludes halogenated alkanes) is 8. The van der Waals surface area contributed by atoms with Crippen molar-refractivity contribution in [3.63, 3.8) is 0 Å². The van der Waals surface area contributed by atoms with Gasteiger partial charge in [-0.15, -0.1) is 0 Å². The van der Waals surface area contributed by atoms with Crippen LogP contribution in [0.2, 0.25) is 0 Å². The van der Waals surface area contributed by atoms with Crippen LogP contribution in [-0.2, 0) is 14.3 Å². The second-order valence-electron chi connectivity index (χ2n) is 6.76. The van der Waals surface area contributed by atoms with E-state index in [-0.39, 0.29) is 18.5 Å². The van der Waals surface area contributed by atoms with Crippen molar-refractivity contribution in [1.82, 2.24) is 0 Å². The minimum atomic E-state index is -0.732. The number of aliphatic carboxylic acids is 1. The summed E-state index contributed by atoms with van der Waals surface area (Å²) in [4.78, 5) is 22.5. The van der Waals surface area contributed by atoms with E-state index in [0.29, 0.717) is 12.8 Å². The third kappa shape index (κ3) is 15.8. The molecular formula is C20H38O4. The van der Waals surface area contributed by atoms with Crippen molar-refractivity contribution in [3.8, 4) is 0 Å². The van der Waals surface area contributed by atoms with E-state index in [1.165, 1.54) is 25.7 Å². The highest BCUT2D eigenvalue weighted by Crippen LogP contribution is 2.16. The van der Waals surface area contributed by atoms with Crippen LogP contribution in [0.3, 0.4) is 0 Å². The first-order chi connectivity index (χ1) is 11.6. The number of carbonyl (C=O) groups is 2. The van der Waals surface area contributed by atoms with Gasteiger partial charge in [0.25, 0.3) is 0 Å². The van der Waals surface area contributed by atoms with E-state index in [9.17, 15) is 9.59 Å². The fraction of sp³-hybridized carbons (Fsp3) is 0.900. The Morgan fingerprint density at radius 2 is 1.25 bits per heavy atom. The Hall–Kier alpha value is -1.06. The van der Waals surface area contributed by atoms with Gasteiger partial charge in [-0.1, -0.05) is 58.8 Å². The second-order valence-corrected chi connectivity index (χ2v) is 6.76. The molecule has 142 valence electrons. The first-order valence-electron chi connectivity index (χ1n) is 10.0. The Labute approximate surface area is 148 Å². The van der Waals surface area contributed by atoms with Crippen LogP contribution in [0, 0.1) is 0 Å². The van der Waals surface area contributed by atoms with Gasteiger partial charge in [-0.25, -0.2) is 0 Å². The van der Waals surface area contributed by atoms with Crippen LogP contribution in [-0.4, -0.2) is 23.1 Å². The maximum atomic E-state index is 12.0. The third-order valence-corrected chi connectivity index (χ3v) is 4.33. The van der Waals surface area contributed by atoms with Gasteiger partial charge in [0.05, 0.1) is 0 Å². The number of esters is 1. The maximum absolute atomic E-state index is 12.0. The van der Waals surface area contributed by atoms with E-state index in [2.05, 4.69) is 13.8 Å². The van der Waals surface area contributed by atoms with Gasteiger partial charge in [0.15, 0.2) is 0 Å². The van der Waals surface area contributed by atoms with Crippen molar-refractivity contribution in [2.75, 3.05) is 0 Å². The van der Waals surface area contributed by atoms with E-state index in [1.807, 2.05) is 0 Å². The zero-order valence-corrected chi connectivity index (χ0v) is 15.9. The maximum Gasteiger partial charge on any atom is 0.306 e. The smallest absolute Gasteiger partial charge is 0.306 e. The molecule has 0 aromatic rings. The van der Waals surface area contributed by atoms with E-state index in [4.69, 9.17) is 9.84 Å². The Bertz CT molecular complexity index is 315. The predicted octanol–water partition coefficient (Wildman–Crippen LogP) is 5.87. The van der Waals surface area contributed by atoms with Gasteiger partial charge in [0.2, 0.25) is 0 Å². The number of carboxylic acid groups (broad SMARTS) is 1. The SMILES string of the molecule is CCCCCCCC(=O)OC(CCCCC)CCCCCC(=O)O. The first-order valence-corrected chi connectivity index (χ1v) is 10.0. The first kappa shape index (κ1) is 22.9. The summed E-state index contributed by atoms with van der Waals surface area (Å²) >= 11 is 0. The van der Waals surface area contributed by atoms with E-state index in [1.54, 1.807) is 0 Å². The average molecular weight is 343 g/mol. The summed E-state index contributed by atoms with van der Waals surface area (Å²) < 4.78 is 5.68. The van der Waals surface area contributed by atoms with Gasteiger partial charge in [-0.05, 0) is 38.5 Å². The molecule has 4 nitrogen and oxygen atoms in total. The standard InChI is InChI=1S/C20H38O4/c1-3-5-7-8-13-17-20(23)24-18(14-10-6-4-2)15-11-9-12-16-19(21)22/h18H,3-17H2,1-2H3,(H,21,22). The van der Waals surface area contributed by atoms with Gasteiger partial charge in [0, 0.05) is 12.8 Å². The number of carbonyl (C=O) groups excluding carboxylic acids is 1. The average Bonchev–Trinajstić information content (AvgIpc) is 2.54. The van der Waals surface area contributed by atoms with Gasteiger partial charge < -0.3 is 9.84 Å². The molecule has 0 aromatic heterocycles. The number of carboxylic acids is 1. The van der Waals surface area contributed by atoms with E-state index >= 15 is 0 Å². The molecule has 0 aliphatic heterocycles. The zero-order valence-electron chi connectivity index (χ0n) is 15.9. The molecule has 0 radical (unpaired) electrons. The van der Waals surface area contributed by atoms with Crippen molar-refractivity contribution < 1.29 is 19.4 Å². The van der Waals surface area contributed by atoms with Crippen LogP contribution in [0.4, 0.5) is 0 Å². The van der Waals surface area contributed by atoms with Gasteiger partial charge in [0.1, 0.15) is 6.10 Å². The molecule has 0 aliphatic carbocycles. The Morgan fingerprint density at radius 1 is 0.750 bits per heavy atom. The van der Waals surface area contributed by atoms with Gasteiger partial charge in [-0.3, -0.25) is 9.59 Å². The topological polar surface area (TPSA) is 63.6 Å². The fourth-order valence-corrected chi connectivity index (χ4v) is 2.83. The number of hydrogen-bond acceptors (Lipinski definition) is 3. The van der Waals surface area contributed by atoms with Crippen molar-refractivity contribution in [3.05, 3.63) is 0 Å². The van der Waals surface area contributed by atoms with Crippen LogP contribution in [0.5, 0.6) is 0 Å². The summed E-state index contributed by atoms with van der Waals surface area (Å²) in [5.41, 5.74) is 0. The monoisotopic (exact) mass is 342 g/mol. The number of hydrogen-bond donors (Lipinski definition) is 1. The van der Waals surface area contributed by atoms with Crippen molar-refractivity contribution in [2.45, 2.75) is 116 Å². The molecule has 0 amide bonds. The molecule has 0 fully saturated rings. The summed E-state index contributed by atoms with van der Waals surface area (Å²) in [5.74, 6) is -0.789. The predicted molar refractivity (Wildman–Crippen MR) is 98.1 cm³/mol. The number of rotatable bonds is 17. The lowest BCUT2D eigenvalue weighted by Crippen LogP contribution is -2.18. The molecule has 0 aliphatic rings. The molecule has 4 heteroatoms. The fourth-order valence-electron chi connectivity index (χ4n) is 2.83. The van der Waals surface area contributed by atoms with Crippen LogP contribution in [0.15, 0.2) is 0 Å². The molecule has 0 spiro atoms. The summed E-state index contributed by atoms with van der Waals surface area (Å²) in [6.45, 7) is 4.36. The normalized spacial score (nSPS) is 12.1. The molecular weight excluding hydrogens is 304 g/mol. The minimum absolute atomic E-state index is 0.0181. The van der Waals surface area contributed by atoms with E-state index in [0.717, 1.165) is 51.4 Å². The Balaban J connectivity index is 3.95. The van der Waals surface area contributed by atoms with Crippen LogP contribution in [0.1, 0.15) is 110 Å². The number of ether oxygens (including phenoxy) is 1. The molecule has 0 heterocycles. The quantitative estimate of drug-likeness (QED) is 0.265. The molecule has 24 heavy (non-hydrogen) atoms. The Kier molecular flexibility index (Phi) is 16.0. The molecule has 0 bridgehead atoms. The van der Waals surface area contributed by atoms with Crippen molar-refractivity contribution >= 4 is 11.9 Å². The molecule has 0 rings (SSSR count). The summed E-state index contributed by atoms with van der Waals surface area (Å²) in [6, 6.07) is 0.